The molecule has 2 aromatic rings. The summed E-state index contributed by atoms with van der Waals surface area (Å²) >= 11 is 0. The Labute approximate surface area is 105 Å². The molecule has 0 spiro atoms. The standard InChI is InChI=1S/C13H13N5/c14-7-9-2-1-3-10(6-9)13-17-16-12(8-15)18(13)11-4-5-11/h1-3,6,11H,4-5,8,15H2. The molecule has 1 aromatic carbocycles. The summed E-state index contributed by atoms with van der Waals surface area (Å²) in [6.07, 6.45) is 2.30. The zero-order valence-electron chi connectivity index (χ0n) is 9.87. The Balaban J connectivity index is 2.11. The van der Waals surface area contributed by atoms with E-state index in [9.17, 15) is 0 Å². The molecule has 1 aliphatic carbocycles. The molecule has 1 aromatic heterocycles. The highest BCUT2D eigenvalue weighted by Crippen LogP contribution is 2.38. The van der Waals surface area contributed by atoms with Crippen LogP contribution in [0.2, 0.25) is 0 Å². The van der Waals surface area contributed by atoms with Gasteiger partial charge in [-0.25, -0.2) is 0 Å². The topological polar surface area (TPSA) is 80.5 Å². The van der Waals surface area contributed by atoms with E-state index in [1.54, 1.807) is 6.07 Å². The van der Waals surface area contributed by atoms with Gasteiger partial charge >= 0.3 is 0 Å². The molecule has 1 heterocycles. The first kappa shape index (κ1) is 10.9. The van der Waals surface area contributed by atoms with Gasteiger partial charge in [0.15, 0.2) is 5.82 Å². The molecule has 5 nitrogen and oxygen atoms in total. The predicted molar refractivity (Wildman–Crippen MR) is 66.3 cm³/mol. The molecule has 0 atom stereocenters. The Kier molecular flexibility index (Phi) is 2.58. The molecule has 1 aliphatic rings. The molecule has 0 saturated heterocycles. The Morgan fingerprint density at radius 3 is 2.89 bits per heavy atom. The van der Waals surface area contributed by atoms with Crippen LogP contribution in [-0.4, -0.2) is 14.8 Å². The lowest BCUT2D eigenvalue weighted by Gasteiger charge is -2.07. The summed E-state index contributed by atoms with van der Waals surface area (Å²) < 4.78 is 2.11. The smallest absolute Gasteiger partial charge is 0.164 e. The Morgan fingerprint density at radius 2 is 2.22 bits per heavy atom. The minimum Gasteiger partial charge on any atom is -0.324 e. The maximum Gasteiger partial charge on any atom is 0.164 e. The van der Waals surface area contributed by atoms with Crippen molar-refractivity contribution in [1.29, 1.82) is 5.26 Å². The van der Waals surface area contributed by atoms with Crippen molar-refractivity contribution in [3.8, 4) is 17.5 Å². The van der Waals surface area contributed by atoms with Crippen molar-refractivity contribution >= 4 is 0 Å². The molecule has 1 saturated carbocycles. The molecule has 90 valence electrons. The van der Waals surface area contributed by atoms with Gasteiger partial charge in [-0.2, -0.15) is 5.26 Å². The summed E-state index contributed by atoms with van der Waals surface area (Å²) in [6, 6.07) is 10.0. The monoisotopic (exact) mass is 239 g/mol. The summed E-state index contributed by atoms with van der Waals surface area (Å²) in [5, 5.41) is 17.3. The number of benzene rings is 1. The van der Waals surface area contributed by atoms with Gasteiger partial charge in [0.25, 0.3) is 0 Å². The van der Waals surface area contributed by atoms with Gasteiger partial charge in [0.1, 0.15) is 5.82 Å². The van der Waals surface area contributed by atoms with Crippen LogP contribution in [0.25, 0.3) is 11.4 Å². The first-order chi connectivity index (χ1) is 8.83. The van der Waals surface area contributed by atoms with Gasteiger partial charge < -0.3 is 10.3 Å². The summed E-state index contributed by atoms with van der Waals surface area (Å²) in [5.74, 6) is 1.63. The maximum absolute atomic E-state index is 8.94. The minimum absolute atomic E-state index is 0.390. The van der Waals surface area contributed by atoms with Crippen molar-refractivity contribution < 1.29 is 0 Å². The summed E-state index contributed by atoms with van der Waals surface area (Å²) in [5.41, 5.74) is 7.24. The highest BCUT2D eigenvalue weighted by Gasteiger charge is 2.29. The van der Waals surface area contributed by atoms with Crippen molar-refractivity contribution in [2.75, 3.05) is 0 Å². The molecular formula is C13H13N5. The highest BCUT2D eigenvalue weighted by molar-refractivity contribution is 5.58. The maximum atomic E-state index is 8.94. The molecule has 0 unspecified atom stereocenters. The van der Waals surface area contributed by atoms with Crippen LogP contribution < -0.4 is 5.73 Å². The van der Waals surface area contributed by atoms with E-state index in [1.807, 2.05) is 18.2 Å². The Hall–Kier alpha value is -2.19. The predicted octanol–water partition coefficient (Wildman–Crippen LogP) is 1.61. The van der Waals surface area contributed by atoms with Crippen molar-refractivity contribution in [3.05, 3.63) is 35.7 Å². The van der Waals surface area contributed by atoms with Gasteiger partial charge in [-0.3, -0.25) is 0 Å². The van der Waals surface area contributed by atoms with E-state index in [0.29, 0.717) is 18.2 Å². The van der Waals surface area contributed by atoms with Gasteiger partial charge in [-0.1, -0.05) is 12.1 Å². The fraction of sp³-hybridized carbons (Fsp3) is 0.308. The molecule has 1 fully saturated rings. The first-order valence-corrected chi connectivity index (χ1v) is 5.98. The second-order valence-corrected chi connectivity index (χ2v) is 4.44. The van der Waals surface area contributed by atoms with Gasteiger partial charge in [0.05, 0.1) is 18.2 Å². The number of rotatable bonds is 3. The zero-order valence-corrected chi connectivity index (χ0v) is 9.87. The van der Waals surface area contributed by atoms with Crippen molar-refractivity contribution in [2.24, 2.45) is 5.73 Å². The lowest BCUT2D eigenvalue weighted by Crippen LogP contribution is -2.08. The van der Waals surface area contributed by atoms with E-state index in [1.165, 1.54) is 0 Å². The van der Waals surface area contributed by atoms with Crippen LogP contribution in [0.15, 0.2) is 24.3 Å². The fourth-order valence-electron chi connectivity index (χ4n) is 2.10. The minimum atomic E-state index is 0.390. The largest absolute Gasteiger partial charge is 0.324 e. The van der Waals surface area contributed by atoms with Crippen LogP contribution in [0, 0.1) is 11.3 Å². The van der Waals surface area contributed by atoms with Crippen LogP contribution in [-0.2, 0) is 6.54 Å². The number of hydrogen-bond acceptors (Lipinski definition) is 4. The number of hydrogen-bond donors (Lipinski definition) is 1. The van der Waals surface area contributed by atoms with E-state index in [4.69, 9.17) is 11.0 Å². The third kappa shape index (κ3) is 1.77. The van der Waals surface area contributed by atoms with Gasteiger partial charge in [0.2, 0.25) is 0 Å². The van der Waals surface area contributed by atoms with Crippen molar-refractivity contribution in [2.45, 2.75) is 25.4 Å². The van der Waals surface area contributed by atoms with Crippen molar-refractivity contribution in [3.63, 3.8) is 0 Å². The highest BCUT2D eigenvalue weighted by atomic mass is 15.3. The van der Waals surface area contributed by atoms with Crippen LogP contribution in [0.1, 0.15) is 30.3 Å². The second kappa shape index (κ2) is 4.24. The van der Waals surface area contributed by atoms with E-state index in [2.05, 4.69) is 20.8 Å². The molecule has 0 amide bonds. The third-order valence-corrected chi connectivity index (χ3v) is 3.11. The lowest BCUT2D eigenvalue weighted by molar-refractivity contribution is 0.688. The molecule has 0 bridgehead atoms. The molecular weight excluding hydrogens is 226 g/mol. The SMILES string of the molecule is N#Cc1cccc(-c2nnc(CN)n2C2CC2)c1. The van der Waals surface area contributed by atoms with Gasteiger partial charge in [0, 0.05) is 11.6 Å². The van der Waals surface area contributed by atoms with Gasteiger partial charge in [-0.05, 0) is 25.0 Å². The Morgan fingerprint density at radius 1 is 1.39 bits per heavy atom. The molecule has 0 radical (unpaired) electrons. The normalized spacial score (nSPS) is 14.4. The fourth-order valence-corrected chi connectivity index (χ4v) is 2.10. The second-order valence-electron chi connectivity index (χ2n) is 4.44. The molecule has 3 rings (SSSR count). The van der Waals surface area contributed by atoms with Crippen LogP contribution in [0.5, 0.6) is 0 Å². The summed E-state index contributed by atoms with van der Waals surface area (Å²) in [6.45, 7) is 0.390. The third-order valence-electron chi connectivity index (χ3n) is 3.11. The molecule has 18 heavy (non-hydrogen) atoms. The number of nitriles is 1. The van der Waals surface area contributed by atoms with Crippen LogP contribution in [0.3, 0.4) is 0 Å². The van der Waals surface area contributed by atoms with E-state index in [0.717, 1.165) is 30.1 Å². The van der Waals surface area contributed by atoms with Crippen LogP contribution >= 0.6 is 0 Å². The Bertz CT molecular complexity index is 619. The van der Waals surface area contributed by atoms with E-state index in [-0.39, 0.29) is 0 Å². The molecule has 2 N–H and O–H groups in total. The quantitative estimate of drug-likeness (QED) is 0.882. The van der Waals surface area contributed by atoms with Crippen LogP contribution in [0.4, 0.5) is 0 Å². The summed E-state index contributed by atoms with van der Waals surface area (Å²) in [4.78, 5) is 0. The van der Waals surface area contributed by atoms with Crippen molar-refractivity contribution in [1.82, 2.24) is 14.8 Å². The first-order valence-electron chi connectivity index (χ1n) is 5.98. The average molecular weight is 239 g/mol. The van der Waals surface area contributed by atoms with Gasteiger partial charge in [-0.15, -0.1) is 10.2 Å². The number of nitrogens with two attached hydrogens (primary N) is 1. The molecule has 0 aliphatic heterocycles. The van der Waals surface area contributed by atoms with E-state index >= 15 is 0 Å². The summed E-state index contributed by atoms with van der Waals surface area (Å²) in [7, 11) is 0. The van der Waals surface area contributed by atoms with E-state index < -0.39 is 0 Å². The number of aromatic nitrogens is 3. The zero-order chi connectivity index (χ0) is 12.5. The average Bonchev–Trinajstić information content (AvgIpc) is 3.17. The lowest BCUT2D eigenvalue weighted by atomic mass is 10.1. The molecule has 5 heteroatoms. The number of nitrogens with zero attached hydrogens (tertiary/aromatic N) is 4.